The third-order valence-corrected chi connectivity index (χ3v) is 6.64. The number of amidine groups is 1. The third kappa shape index (κ3) is 8.19. The maximum atomic E-state index is 13.1. The highest BCUT2D eigenvalue weighted by Gasteiger charge is 2.20. The second-order valence-electron chi connectivity index (χ2n) is 9.58. The van der Waals surface area contributed by atoms with Crippen LogP contribution in [0.3, 0.4) is 0 Å². The number of benzene rings is 3. The molecule has 216 valence electrons. The number of para-hydroxylation sites is 2. The van der Waals surface area contributed by atoms with Crippen molar-refractivity contribution in [2.45, 2.75) is 19.5 Å². The van der Waals surface area contributed by atoms with Crippen molar-refractivity contribution in [1.29, 1.82) is 5.41 Å². The number of amides is 1. The summed E-state index contributed by atoms with van der Waals surface area (Å²) in [7, 11) is 0. The van der Waals surface area contributed by atoms with E-state index in [0.29, 0.717) is 59.4 Å². The van der Waals surface area contributed by atoms with Crippen LogP contribution in [0.25, 0.3) is 0 Å². The van der Waals surface area contributed by atoms with E-state index in [-0.39, 0.29) is 24.3 Å². The minimum absolute atomic E-state index is 0.0507. The Morgan fingerprint density at radius 3 is 2.49 bits per heavy atom. The first kappa shape index (κ1) is 29.4. The lowest BCUT2D eigenvalue weighted by Crippen LogP contribution is -2.44. The molecule has 11 nitrogen and oxygen atoms in total. The van der Waals surface area contributed by atoms with Crippen LogP contribution >= 0.6 is 0 Å². The molecular formula is C30H35N5O6. The summed E-state index contributed by atoms with van der Waals surface area (Å²) >= 11 is 0. The average molecular weight is 562 g/mol. The number of nitrogens with zero attached hydrogens (tertiary/aromatic N) is 1. The highest BCUT2D eigenvalue weighted by molar-refractivity contribution is 6.08. The summed E-state index contributed by atoms with van der Waals surface area (Å²) in [5, 5.41) is 22.9. The van der Waals surface area contributed by atoms with Crippen LogP contribution in [0.2, 0.25) is 0 Å². The molecule has 1 fully saturated rings. The Kier molecular flexibility index (Phi) is 10.1. The Morgan fingerprint density at radius 1 is 1.05 bits per heavy atom. The number of aliphatic carboxylic acids is 1. The standard InChI is InChI=1S/C30H35N5O6/c1-20(35-13-15-39-16-14-35)18-40-26-8-4-5-22(28(26)41-19-27(36)37)17-33-25-7-3-2-6-24(25)30(38)34-23-11-9-21(10-12-23)29(31)32/h2-12,20,33H,13-19H2,1H3,(H3,31,32)(H,34,38)(H,36,37). The number of carboxylic acids is 1. The van der Waals surface area contributed by atoms with Gasteiger partial charge < -0.3 is 35.7 Å². The van der Waals surface area contributed by atoms with Crippen molar-refractivity contribution >= 4 is 29.1 Å². The smallest absolute Gasteiger partial charge is 0.341 e. The van der Waals surface area contributed by atoms with Crippen molar-refractivity contribution in [1.82, 2.24) is 4.90 Å². The summed E-state index contributed by atoms with van der Waals surface area (Å²) in [4.78, 5) is 26.7. The number of nitrogens with one attached hydrogen (secondary N) is 3. The first-order valence-corrected chi connectivity index (χ1v) is 13.3. The zero-order valence-electron chi connectivity index (χ0n) is 22.9. The Labute approximate surface area is 238 Å². The van der Waals surface area contributed by atoms with E-state index < -0.39 is 12.6 Å². The number of nitrogen functional groups attached to an aromatic ring is 1. The molecule has 41 heavy (non-hydrogen) atoms. The van der Waals surface area contributed by atoms with Gasteiger partial charge in [0.15, 0.2) is 18.1 Å². The van der Waals surface area contributed by atoms with E-state index in [1.807, 2.05) is 18.2 Å². The van der Waals surface area contributed by atoms with Gasteiger partial charge in [-0.25, -0.2) is 4.79 Å². The van der Waals surface area contributed by atoms with Gasteiger partial charge in [0.05, 0.1) is 18.8 Å². The molecule has 1 aliphatic rings. The van der Waals surface area contributed by atoms with Gasteiger partial charge in [0, 0.05) is 48.2 Å². The maximum absolute atomic E-state index is 13.1. The van der Waals surface area contributed by atoms with Crippen LogP contribution in [0.5, 0.6) is 11.5 Å². The molecule has 0 aromatic heterocycles. The second-order valence-corrected chi connectivity index (χ2v) is 9.58. The van der Waals surface area contributed by atoms with Gasteiger partial charge in [0.25, 0.3) is 5.91 Å². The van der Waals surface area contributed by atoms with Gasteiger partial charge in [0.1, 0.15) is 12.4 Å². The van der Waals surface area contributed by atoms with Gasteiger partial charge in [-0.2, -0.15) is 0 Å². The molecule has 6 N–H and O–H groups in total. The van der Waals surface area contributed by atoms with E-state index in [4.69, 9.17) is 25.4 Å². The Morgan fingerprint density at radius 2 is 1.78 bits per heavy atom. The molecule has 3 aromatic carbocycles. The van der Waals surface area contributed by atoms with Crippen molar-refractivity contribution < 1.29 is 28.9 Å². The summed E-state index contributed by atoms with van der Waals surface area (Å²) in [6, 6.07) is 19.3. The van der Waals surface area contributed by atoms with Gasteiger partial charge in [0.2, 0.25) is 0 Å². The quantitative estimate of drug-likeness (QED) is 0.156. The van der Waals surface area contributed by atoms with Gasteiger partial charge in [-0.1, -0.05) is 24.3 Å². The molecule has 0 saturated carbocycles. The SMILES string of the molecule is CC(COc1cccc(CNc2ccccc2C(=O)Nc2ccc(C(=N)N)cc2)c1OCC(=O)O)N1CCOCC1. The molecule has 0 aliphatic carbocycles. The van der Waals surface area contributed by atoms with Crippen molar-refractivity contribution in [2.75, 3.05) is 50.2 Å². The zero-order chi connectivity index (χ0) is 29.2. The first-order valence-electron chi connectivity index (χ1n) is 13.3. The zero-order valence-corrected chi connectivity index (χ0v) is 22.9. The fourth-order valence-electron chi connectivity index (χ4n) is 4.40. The average Bonchev–Trinajstić information content (AvgIpc) is 2.98. The number of rotatable bonds is 13. The number of nitrogens with two attached hydrogens (primary N) is 1. The van der Waals surface area contributed by atoms with E-state index in [1.54, 1.807) is 48.5 Å². The number of carboxylic acid groups (broad SMARTS) is 1. The van der Waals surface area contributed by atoms with Crippen molar-refractivity contribution in [3.8, 4) is 11.5 Å². The van der Waals surface area contributed by atoms with Gasteiger partial charge in [-0.3, -0.25) is 15.1 Å². The minimum Gasteiger partial charge on any atom is -0.488 e. The Hall–Kier alpha value is -4.61. The molecule has 1 unspecified atom stereocenters. The van der Waals surface area contributed by atoms with Crippen LogP contribution in [-0.2, 0) is 16.1 Å². The Bertz CT molecular complexity index is 1360. The molecule has 3 aromatic rings. The summed E-state index contributed by atoms with van der Waals surface area (Å²) in [6.45, 7) is 5.23. The van der Waals surface area contributed by atoms with Crippen molar-refractivity contribution in [2.24, 2.45) is 5.73 Å². The van der Waals surface area contributed by atoms with Crippen LogP contribution in [0.15, 0.2) is 66.7 Å². The molecule has 1 saturated heterocycles. The lowest BCUT2D eigenvalue weighted by molar-refractivity contribution is -0.139. The lowest BCUT2D eigenvalue weighted by Gasteiger charge is -2.32. The molecular weight excluding hydrogens is 526 g/mol. The summed E-state index contributed by atoms with van der Waals surface area (Å²) in [6.07, 6.45) is 0. The number of morpholine rings is 1. The topological polar surface area (TPSA) is 159 Å². The normalized spacial score (nSPS) is 14.1. The predicted molar refractivity (Wildman–Crippen MR) is 156 cm³/mol. The van der Waals surface area contributed by atoms with Crippen LogP contribution in [0, 0.1) is 5.41 Å². The van der Waals surface area contributed by atoms with Gasteiger partial charge in [-0.05, 0) is 49.4 Å². The molecule has 1 atom stereocenters. The summed E-state index contributed by atoms with van der Waals surface area (Å²) in [5.41, 5.74) is 8.32. The molecule has 1 amide bonds. The first-order chi connectivity index (χ1) is 19.8. The number of hydrogen-bond acceptors (Lipinski definition) is 8. The monoisotopic (exact) mass is 561 g/mol. The van der Waals surface area contributed by atoms with E-state index in [0.717, 1.165) is 13.1 Å². The highest BCUT2D eigenvalue weighted by Crippen LogP contribution is 2.33. The van der Waals surface area contributed by atoms with E-state index in [1.165, 1.54) is 0 Å². The van der Waals surface area contributed by atoms with E-state index in [9.17, 15) is 14.7 Å². The van der Waals surface area contributed by atoms with Crippen LogP contribution in [-0.4, -0.2) is 73.3 Å². The molecule has 1 aliphatic heterocycles. The van der Waals surface area contributed by atoms with Gasteiger partial charge in [-0.15, -0.1) is 0 Å². The van der Waals surface area contributed by atoms with Crippen molar-refractivity contribution in [3.63, 3.8) is 0 Å². The maximum Gasteiger partial charge on any atom is 0.341 e. The lowest BCUT2D eigenvalue weighted by atomic mass is 10.1. The molecule has 0 radical (unpaired) electrons. The van der Waals surface area contributed by atoms with Crippen molar-refractivity contribution in [3.05, 3.63) is 83.4 Å². The largest absolute Gasteiger partial charge is 0.488 e. The molecule has 4 rings (SSSR count). The molecule has 11 heteroatoms. The number of carbonyl (C=O) groups excluding carboxylic acids is 1. The summed E-state index contributed by atoms with van der Waals surface area (Å²) in [5.74, 6) is -0.682. The predicted octanol–water partition coefficient (Wildman–Crippen LogP) is 3.40. The molecule has 0 bridgehead atoms. The molecule has 0 spiro atoms. The van der Waals surface area contributed by atoms with Crippen LogP contribution < -0.4 is 25.8 Å². The fraction of sp³-hybridized carbons (Fsp3) is 0.300. The number of anilines is 2. The van der Waals surface area contributed by atoms with Crippen LogP contribution in [0.1, 0.15) is 28.4 Å². The highest BCUT2D eigenvalue weighted by atomic mass is 16.5. The van der Waals surface area contributed by atoms with Crippen LogP contribution in [0.4, 0.5) is 11.4 Å². The van der Waals surface area contributed by atoms with Gasteiger partial charge >= 0.3 is 5.97 Å². The fourth-order valence-corrected chi connectivity index (χ4v) is 4.40. The third-order valence-electron chi connectivity index (χ3n) is 6.64. The Balaban J connectivity index is 1.47. The number of hydrogen-bond donors (Lipinski definition) is 5. The van der Waals surface area contributed by atoms with E-state index >= 15 is 0 Å². The number of carbonyl (C=O) groups is 2. The minimum atomic E-state index is -1.10. The summed E-state index contributed by atoms with van der Waals surface area (Å²) < 4.78 is 17.2. The van der Waals surface area contributed by atoms with E-state index in [2.05, 4.69) is 22.5 Å². The molecule has 1 heterocycles. The second kappa shape index (κ2) is 14.1. The number of ether oxygens (including phenoxy) is 3.